The van der Waals surface area contributed by atoms with Gasteiger partial charge in [0.05, 0.1) is 18.2 Å². The van der Waals surface area contributed by atoms with Gasteiger partial charge in [0.1, 0.15) is 16.7 Å². The fraction of sp³-hybridized carbons (Fsp3) is 0.208. The largest absolute Gasteiger partial charge is 0.497 e. The molecule has 0 heterocycles. The number of halogens is 2. The summed E-state index contributed by atoms with van der Waals surface area (Å²) in [5, 5.41) is 3.12. The molecular formula is C24H24Cl2N2O4S. The highest BCUT2D eigenvalue weighted by Gasteiger charge is 2.28. The van der Waals surface area contributed by atoms with E-state index in [0.29, 0.717) is 5.75 Å². The van der Waals surface area contributed by atoms with E-state index in [1.165, 1.54) is 18.2 Å². The van der Waals surface area contributed by atoms with E-state index in [4.69, 9.17) is 27.9 Å². The van der Waals surface area contributed by atoms with Gasteiger partial charge in [0.25, 0.3) is 0 Å². The number of nitrogens with one attached hydrogen (secondary N) is 2. The smallest absolute Gasteiger partial charge is 0.242 e. The van der Waals surface area contributed by atoms with Crippen molar-refractivity contribution in [3.8, 4) is 5.75 Å². The van der Waals surface area contributed by atoms with Crippen molar-refractivity contribution in [1.82, 2.24) is 10.0 Å². The highest BCUT2D eigenvalue weighted by atomic mass is 35.5. The van der Waals surface area contributed by atoms with Crippen molar-refractivity contribution in [2.75, 3.05) is 7.11 Å². The highest BCUT2D eigenvalue weighted by molar-refractivity contribution is 7.89. The summed E-state index contributed by atoms with van der Waals surface area (Å²) in [4.78, 5) is 13.0. The second kappa shape index (κ2) is 11.0. The molecule has 0 saturated carbocycles. The van der Waals surface area contributed by atoms with Gasteiger partial charge in [0.15, 0.2) is 0 Å². The zero-order chi connectivity index (χ0) is 24.0. The molecule has 1 amide bonds. The Morgan fingerprint density at radius 3 is 2.30 bits per heavy atom. The van der Waals surface area contributed by atoms with Crippen LogP contribution in [-0.2, 0) is 21.2 Å². The van der Waals surface area contributed by atoms with Gasteiger partial charge >= 0.3 is 0 Å². The van der Waals surface area contributed by atoms with Crippen molar-refractivity contribution in [1.29, 1.82) is 0 Å². The van der Waals surface area contributed by atoms with Crippen LogP contribution in [0, 0.1) is 0 Å². The van der Waals surface area contributed by atoms with Crippen LogP contribution in [0.4, 0.5) is 0 Å². The van der Waals surface area contributed by atoms with E-state index < -0.39 is 22.0 Å². The van der Waals surface area contributed by atoms with Gasteiger partial charge < -0.3 is 10.1 Å². The van der Waals surface area contributed by atoms with Crippen LogP contribution >= 0.6 is 23.2 Å². The highest BCUT2D eigenvalue weighted by Crippen LogP contribution is 2.25. The quantitative estimate of drug-likeness (QED) is 0.437. The Bertz CT molecular complexity index is 1200. The first-order chi connectivity index (χ1) is 15.7. The van der Waals surface area contributed by atoms with Gasteiger partial charge in [-0.3, -0.25) is 4.79 Å². The van der Waals surface area contributed by atoms with Crippen LogP contribution < -0.4 is 14.8 Å². The second-order valence-corrected chi connectivity index (χ2v) is 9.97. The number of sulfonamides is 1. The summed E-state index contributed by atoms with van der Waals surface area (Å²) >= 11 is 12.1. The van der Waals surface area contributed by atoms with Gasteiger partial charge in [-0.15, -0.1) is 0 Å². The molecule has 3 aromatic carbocycles. The molecule has 0 unspecified atom stereocenters. The maximum absolute atomic E-state index is 13.2. The van der Waals surface area contributed by atoms with Crippen LogP contribution in [-0.4, -0.2) is 27.5 Å². The van der Waals surface area contributed by atoms with Crippen molar-refractivity contribution in [2.24, 2.45) is 0 Å². The molecule has 2 N–H and O–H groups in total. The lowest BCUT2D eigenvalue weighted by atomic mass is 10.0. The maximum Gasteiger partial charge on any atom is 0.242 e. The van der Waals surface area contributed by atoms with Crippen molar-refractivity contribution in [2.45, 2.75) is 30.3 Å². The van der Waals surface area contributed by atoms with Gasteiger partial charge in [-0.2, -0.15) is 4.72 Å². The summed E-state index contributed by atoms with van der Waals surface area (Å²) in [7, 11) is -2.55. The number of ether oxygens (including phenoxy) is 1. The first kappa shape index (κ1) is 25.1. The Morgan fingerprint density at radius 1 is 1.00 bits per heavy atom. The molecule has 0 fully saturated rings. The van der Waals surface area contributed by atoms with Gasteiger partial charge in [-0.25, -0.2) is 8.42 Å². The minimum absolute atomic E-state index is 0.0115. The monoisotopic (exact) mass is 506 g/mol. The number of carbonyl (C=O) groups excluding carboxylic acids is 1. The van der Waals surface area contributed by atoms with Crippen LogP contribution in [0.2, 0.25) is 10.0 Å². The first-order valence-corrected chi connectivity index (χ1v) is 12.4. The Balaban J connectivity index is 1.85. The summed E-state index contributed by atoms with van der Waals surface area (Å²) in [6.07, 6.45) is 0.152. The Morgan fingerprint density at radius 2 is 1.67 bits per heavy atom. The number of amides is 1. The third-order valence-electron chi connectivity index (χ3n) is 5.05. The third-order valence-corrected chi connectivity index (χ3v) is 7.24. The van der Waals surface area contributed by atoms with E-state index in [-0.39, 0.29) is 27.4 Å². The standard InChI is InChI=1S/C24H24Cl2N2O4S/c1-16(18-8-11-20(32-2)12-9-18)27-24(29)22(14-17-6-4-3-5-7-17)28-33(30,31)23-15-19(25)10-13-21(23)26/h3-13,15-16,22,28H,14H2,1-2H3,(H,27,29)/t16-,22-/m0/s1. The Labute approximate surface area is 203 Å². The molecule has 0 saturated heterocycles. The first-order valence-electron chi connectivity index (χ1n) is 10.1. The minimum Gasteiger partial charge on any atom is -0.497 e. The fourth-order valence-electron chi connectivity index (χ4n) is 3.26. The van der Waals surface area contributed by atoms with Gasteiger partial charge in [0.2, 0.25) is 15.9 Å². The van der Waals surface area contributed by atoms with Crippen molar-refractivity contribution in [3.05, 3.63) is 94.0 Å². The number of rotatable bonds is 9. The summed E-state index contributed by atoms with van der Waals surface area (Å²) in [5.74, 6) is 0.231. The minimum atomic E-state index is -4.13. The molecule has 0 aliphatic carbocycles. The lowest BCUT2D eigenvalue weighted by Gasteiger charge is -2.22. The second-order valence-electron chi connectivity index (χ2n) is 7.44. The predicted molar refractivity (Wildman–Crippen MR) is 130 cm³/mol. The topological polar surface area (TPSA) is 84.5 Å². The molecule has 0 aliphatic heterocycles. The molecular weight excluding hydrogens is 483 g/mol. The number of hydrogen-bond acceptors (Lipinski definition) is 4. The molecule has 0 radical (unpaired) electrons. The fourth-order valence-corrected chi connectivity index (χ4v) is 5.22. The molecule has 174 valence electrons. The summed E-state index contributed by atoms with van der Waals surface area (Å²) < 4.78 is 33.8. The number of carbonyl (C=O) groups is 1. The SMILES string of the molecule is COc1ccc([C@H](C)NC(=O)[C@H](Cc2ccccc2)NS(=O)(=O)c2cc(Cl)ccc2Cl)cc1. The lowest BCUT2D eigenvalue weighted by Crippen LogP contribution is -2.48. The molecule has 33 heavy (non-hydrogen) atoms. The number of benzene rings is 3. The molecule has 3 aromatic rings. The molecule has 3 rings (SSSR count). The van der Waals surface area contributed by atoms with E-state index in [9.17, 15) is 13.2 Å². The summed E-state index contributed by atoms with van der Waals surface area (Å²) in [5.41, 5.74) is 1.65. The summed E-state index contributed by atoms with van der Waals surface area (Å²) in [6, 6.07) is 19.1. The zero-order valence-electron chi connectivity index (χ0n) is 18.1. The average molecular weight is 507 g/mol. The Kier molecular flexibility index (Phi) is 8.37. The summed E-state index contributed by atoms with van der Waals surface area (Å²) in [6.45, 7) is 1.82. The van der Waals surface area contributed by atoms with Crippen molar-refractivity contribution in [3.63, 3.8) is 0 Å². The Hall–Kier alpha value is -2.58. The van der Waals surface area contributed by atoms with Gasteiger partial charge in [0, 0.05) is 5.02 Å². The maximum atomic E-state index is 13.2. The van der Waals surface area contributed by atoms with Crippen LogP contribution in [0.15, 0.2) is 77.7 Å². The van der Waals surface area contributed by atoms with Crippen LogP contribution in [0.1, 0.15) is 24.1 Å². The third kappa shape index (κ3) is 6.71. The van der Waals surface area contributed by atoms with E-state index in [1.807, 2.05) is 49.4 Å². The van der Waals surface area contributed by atoms with E-state index in [2.05, 4.69) is 10.0 Å². The number of methoxy groups -OCH3 is 1. The van der Waals surface area contributed by atoms with Crippen LogP contribution in [0.25, 0.3) is 0 Å². The number of hydrogen-bond donors (Lipinski definition) is 2. The predicted octanol–water partition coefficient (Wildman–Crippen LogP) is 4.77. The van der Waals surface area contributed by atoms with E-state index >= 15 is 0 Å². The molecule has 6 nitrogen and oxygen atoms in total. The van der Waals surface area contributed by atoms with Gasteiger partial charge in [-0.05, 0) is 54.8 Å². The van der Waals surface area contributed by atoms with Crippen LogP contribution in [0.3, 0.4) is 0 Å². The molecule has 9 heteroatoms. The van der Waals surface area contributed by atoms with Crippen molar-refractivity contribution >= 4 is 39.1 Å². The molecule has 2 atom stereocenters. The average Bonchev–Trinajstić information content (AvgIpc) is 2.80. The zero-order valence-corrected chi connectivity index (χ0v) is 20.4. The van der Waals surface area contributed by atoms with Crippen molar-refractivity contribution < 1.29 is 17.9 Å². The van der Waals surface area contributed by atoms with Crippen LogP contribution in [0.5, 0.6) is 5.75 Å². The molecule has 0 bridgehead atoms. The molecule has 0 aliphatic rings. The van der Waals surface area contributed by atoms with Gasteiger partial charge in [-0.1, -0.05) is 65.7 Å². The lowest BCUT2D eigenvalue weighted by molar-refractivity contribution is -0.123. The van der Waals surface area contributed by atoms with E-state index in [1.54, 1.807) is 19.2 Å². The molecule has 0 spiro atoms. The normalized spacial score (nSPS) is 13.2. The van der Waals surface area contributed by atoms with E-state index in [0.717, 1.165) is 11.1 Å². The molecule has 0 aromatic heterocycles.